The quantitative estimate of drug-likeness (QED) is 0.0807. The fourth-order valence-corrected chi connectivity index (χ4v) is 9.47. The molecule has 0 saturated carbocycles. The van der Waals surface area contributed by atoms with E-state index in [1.165, 1.54) is 0 Å². The number of primary amides is 4. The maximum atomic E-state index is 14.6. The lowest BCUT2D eigenvalue weighted by molar-refractivity contribution is 0.0956. The molecule has 0 bridgehead atoms. The van der Waals surface area contributed by atoms with Crippen LogP contribution < -0.4 is 22.9 Å². The molecule has 7 rings (SSSR count). The zero-order valence-corrected chi connectivity index (χ0v) is 33.2. The molecule has 7 aromatic carbocycles. The highest BCUT2D eigenvalue weighted by Gasteiger charge is 2.36. The Labute approximate surface area is 326 Å². The first-order chi connectivity index (χ1) is 26.5. The summed E-state index contributed by atoms with van der Waals surface area (Å²) in [5.74, 6) is -3.65. The van der Waals surface area contributed by atoms with E-state index < -0.39 is 29.2 Å². The molecule has 8 nitrogen and oxygen atoms in total. The molecule has 0 atom stereocenters. The Kier molecular flexibility index (Phi) is 9.36. The van der Waals surface area contributed by atoms with Crippen molar-refractivity contribution in [2.24, 2.45) is 22.9 Å². The van der Waals surface area contributed by atoms with E-state index in [0.717, 1.165) is 55.1 Å². The standard InChI is InChI=1S/C48H48N4O4/c1-21(2)26-15-11-19-28(32(26)23(5)6)35-36-30-17-9-13-25-14-10-18-31(34(25)30)38-39(36)40(43(47(51)55)44(48(52)56)42(38)46(50)54)41(45(49)53)37(35)29-20-12-16-27(22(3)4)33(29)24(7)8/h9-24H,1-8H3,(H2,49,53)(H2,50,54)(H2,51,55)(H2,52,56). The Bertz CT molecular complexity index is 2820. The number of carbonyl (C=O) groups excluding carboxylic acids is 4. The third kappa shape index (κ3) is 5.49. The summed E-state index contributed by atoms with van der Waals surface area (Å²) >= 11 is 0. The van der Waals surface area contributed by atoms with E-state index in [2.05, 4.69) is 73.6 Å². The molecule has 8 N–H and O–H groups in total. The van der Waals surface area contributed by atoms with E-state index in [1.54, 1.807) is 0 Å². The lowest BCUT2D eigenvalue weighted by Gasteiger charge is -2.30. The zero-order chi connectivity index (χ0) is 40.7. The highest BCUT2D eigenvalue weighted by atomic mass is 16.2. The van der Waals surface area contributed by atoms with Gasteiger partial charge in [0, 0.05) is 21.7 Å². The Morgan fingerprint density at radius 3 is 1.23 bits per heavy atom. The van der Waals surface area contributed by atoms with Gasteiger partial charge in [0.2, 0.25) is 23.6 Å². The zero-order valence-electron chi connectivity index (χ0n) is 33.2. The number of benzene rings is 7. The first-order valence-corrected chi connectivity index (χ1v) is 19.2. The maximum Gasteiger partial charge on any atom is 0.250 e. The minimum absolute atomic E-state index is 0.00587. The van der Waals surface area contributed by atoms with Crippen LogP contribution in [0.5, 0.6) is 0 Å². The molecule has 0 aliphatic heterocycles. The van der Waals surface area contributed by atoms with Crippen LogP contribution in [-0.4, -0.2) is 23.6 Å². The van der Waals surface area contributed by atoms with Crippen LogP contribution in [0.15, 0.2) is 72.8 Å². The second-order valence-electron chi connectivity index (χ2n) is 16.2. The van der Waals surface area contributed by atoms with Crippen molar-refractivity contribution in [3.05, 3.63) is 117 Å². The van der Waals surface area contributed by atoms with Gasteiger partial charge in [0.05, 0.1) is 22.3 Å². The predicted molar refractivity (Wildman–Crippen MR) is 229 cm³/mol. The number of carbonyl (C=O) groups is 4. The number of nitrogens with two attached hydrogens (primary N) is 4. The Morgan fingerprint density at radius 1 is 0.393 bits per heavy atom. The van der Waals surface area contributed by atoms with Crippen LogP contribution in [-0.2, 0) is 0 Å². The van der Waals surface area contributed by atoms with Gasteiger partial charge in [0.15, 0.2) is 0 Å². The van der Waals surface area contributed by atoms with Gasteiger partial charge in [-0.3, -0.25) is 19.2 Å². The average Bonchev–Trinajstić information content (AvgIpc) is 3.14. The minimum atomic E-state index is -1.09. The Morgan fingerprint density at radius 2 is 0.804 bits per heavy atom. The van der Waals surface area contributed by atoms with Crippen molar-refractivity contribution in [3.8, 4) is 22.3 Å². The van der Waals surface area contributed by atoms with Gasteiger partial charge < -0.3 is 22.9 Å². The maximum absolute atomic E-state index is 14.6. The molecule has 0 heterocycles. The van der Waals surface area contributed by atoms with Gasteiger partial charge >= 0.3 is 0 Å². The summed E-state index contributed by atoms with van der Waals surface area (Å²) < 4.78 is 0. The molecule has 4 amide bonds. The lowest BCUT2D eigenvalue weighted by atomic mass is 9.72. The van der Waals surface area contributed by atoms with Crippen LogP contribution in [0.4, 0.5) is 0 Å². The largest absolute Gasteiger partial charge is 0.366 e. The van der Waals surface area contributed by atoms with Gasteiger partial charge in [-0.15, -0.1) is 0 Å². The first-order valence-electron chi connectivity index (χ1n) is 19.2. The summed E-state index contributed by atoms with van der Waals surface area (Å²) in [4.78, 5) is 56.0. The van der Waals surface area contributed by atoms with E-state index in [4.69, 9.17) is 22.9 Å². The number of fused-ring (bicyclic) bond motifs is 2. The van der Waals surface area contributed by atoms with Gasteiger partial charge in [-0.05, 0) is 89.5 Å². The van der Waals surface area contributed by atoms with E-state index in [0.29, 0.717) is 27.1 Å². The second kappa shape index (κ2) is 13.8. The van der Waals surface area contributed by atoms with Crippen molar-refractivity contribution < 1.29 is 19.2 Å². The summed E-state index contributed by atoms with van der Waals surface area (Å²) in [7, 11) is 0. The monoisotopic (exact) mass is 744 g/mol. The molecule has 0 aliphatic carbocycles. The van der Waals surface area contributed by atoms with E-state index in [1.807, 2.05) is 54.6 Å². The molecule has 0 unspecified atom stereocenters. The second-order valence-corrected chi connectivity index (χ2v) is 16.2. The van der Waals surface area contributed by atoms with Crippen LogP contribution >= 0.6 is 0 Å². The summed E-state index contributed by atoms with van der Waals surface area (Å²) in [5, 5.41) is 4.53. The third-order valence-electron chi connectivity index (χ3n) is 11.4. The van der Waals surface area contributed by atoms with Crippen LogP contribution in [0, 0.1) is 0 Å². The van der Waals surface area contributed by atoms with Crippen molar-refractivity contribution in [1.29, 1.82) is 0 Å². The Balaban J connectivity index is 2.04. The van der Waals surface area contributed by atoms with Gasteiger partial charge in [-0.2, -0.15) is 0 Å². The van der Waals surface area contributed by atoms with E-state index >= 15 is 0 Å². The number of hydrogen-bond donors (Lipinski definition) is 4. The van der Waals surface area contributed by atoms with Crippen LogP contribution in [0.25, 0.3) is 65.3 Å². The number of amides is 4. The molecule has 0 saturated heterocycles. The fraction of sp³-hybridized carbons (Fsp3) is 0.250. The van der Waals surface area contributed by atoms with Gasteiger partial charge in [-0.1, -0.05) is 128 Å². The fourth-order valence-electron chi connectivity index (χ4n) is 9.47. The van der Waals surface area contributed by atoms with Crippen molar-refractivity contribution >= 4 is 66.7 Å². The number of rotatable bonds is 10. The molecule has 0 spiro atoms. The van der Waals surface area contributed by atoms with Gasteiger partial charge in [-0.25, -0.2) is 0 Å². The first kappa shape index (κ1) is 38.0. The van der Waals surface area contributed by atoms with Crippen molar-refractivity contribution in [2.45, 2.75) is 79.1 Å². The predicted octanol–water partition coefficient (Wildman–Crippen LogP) is 9.96. The molecule has 284 valence electrons. The normalized spacial score (nSPS) is 12.1. The smallest absolute Gasteiger partial charge is 0.250 e. The molecule has 0 radical (unpaired) electrons. The average molecular weight is 745 g/mol. The highest BCUT2D eigenvalue weighted by Crippen LogP contribution is 2.55. The summed E-state index contributed by atoms with van der Waals surface area (Å²) in [6, 6.07) is 24.0. The Hall–Kier alpha value is -6.28. The topological polar surface area (TPSA) is 172 Å². The molecule has 0 aromatic heterocycles. The van der Waals surface area contributed by atoms with Crippen LogP contribution in [0.3, 0.4) is 0 Å². The molecule has 7 aromatic rings. The minimum Gasteiger partial charge on any atom is -0.366 e. The van der Waals surface area contributed by atoms with E-state index in [9.17, 15) is 19.2 Å². The number of hydrogen-bond acceptors (Lipinski definition) is 4. The highest BCUT2D eigenvalue weighted by molar-refractivity contribution is 6.44. The molecule has 56 heavy (non-hydrogen) atoms. The SMILES string of the molecule is CC(C)c1cccc(-c2c(C(N)=O)c3c(C(N)=O)c(C(N)=O)c(C(N)=O)c4c5cccc6cccc(c(c2-c2cccc(C(C)C)c2C(C)C)c34)c65)c1C(C)C. The third-order valence-corrected chi connectivity index (χ3v) is 11.4. The molecular weight excluding hydrogens is 697 g/mol. The molecular formula is C48H48N4O4. The lowest BCUT2D eigenvalue weighted by Crippen LogP contribution is -2.28. The van der Waals surface area contributed by atoms with E-state index in [-0.39, 0.29) is 45.7 Å². The summed E-state index contributed by atoms with van der Waals surface area (Å²) in [6.45, 7) is 17.1. The van der Waals surface area contributed by atoms with Gasteiger partial charge in [0.25, 0.3) is 0 Å². The molecule has 8 heteroatoms. The van der Waals surface area contributed by atoms with Crippen molar-refractivity contribution in [3.63, 3.8) is 0 Å². The van der Waals surface area contributed by atoms with Crippen molar-refractivity contribution in [2.75, 3.05) is 0 Å². The summed E-state index contributed by atoms with van der Waals surface area (Å²) in [6.07, 6.45) is 0. The van der Waals surface area contributed by atoms with Crippen LogP contribution in [0.2, 0.25) is 0 Å². The molecule has 0 aliphatic rings. The van der Waals surface area contributed by atoms with Crippen molar-refractivity contribution in [1.82, 2.24) is 0 Å². The summed E-state index contributed by atoms with van der Waals surface area (Å²) in [5.41, 5.74) is 31.3. The van der Waals surface area contributed by atoms with Crippen LogP contribution in [0.1, 0.15) is 143 Å². The molecule has 0 fully saturated rings. The van der Waals surface area contributed by atoms with Gasteiger partial charge in [0.1, 0.15) is 0 Å².